The summed E-state index contributed by atoms with van der Waals surface area (Å²) in [5, 5.41) is 0. The monoisotopic (exact) mass is 431 g/mol. The molecule has 0 saturated carbocycles. The Kier molecular flexibility index (Phi) is 8.43. The van der Waals surface area contributed by atoms with Crippen molar-refractivity contribution in [2.75, 3.05) is 26.2 Å². The van der Waals surface area contributed by atoms with Gasteiger partial charge in [-0.3, -0.25) is 19.6 Å². The second-order valence-corrected chi connectivity index (χ2v) is 7.32. The van der Waals surface area contributed by atoms with Gasteiger partial charge in [-0.05, 0) is 50.2 Å². The van der Waals surface area contributed by atoms with Crippen molar-refractivity contribution in [1.29, 1.82) is 0 Å². The molecule has 0 aliphatic rings. The molecule has 3 heterocycles. The van der Waals surface area contributed by atoms with Gasteiger partial charge in [-0.1, -0.05) is 18.2 Å². The maximum absolute atomic E-state index is 13.0. The van der Waals surface area contributed by atoms with Gasteiger partial charge in [0.25, 0.3) is 11.8 Å². The average molecular weight is 432 g/mol. The van der Waals surface area contributed by atoms with E-state index in [4.69, 9.17) is 0 Å². The van der Waals surface area contributed by atoms with Crippen LogP contribution < -0.4 is 0 Å². The van der Waals surface area contributed by atoms with Gasteiger partial charge in [-0.25, -0.2) is 4.98 Å². The van der Waals surface area contributed by atoms with Gasteiger partial charge in [0.1, 0.15) is 11.4 Å². The van der Waals surface area contributed by atoms with Gasteiger partial charge < -0.3 is 9.80 Å². The van der Waals surface area contributed by atoms with E-state index in [0.717, 1.165) is 11.4 Å². The lowest BCUT2D eigenvalue weighted by Gasteiger charge is -2.22. The summed E-state index contributed by atoms with van der Waals surface area (Å²) >= 11 is 0. The van der Waals surface area contributed by atoms with E-state index in [1.54, 1.807) is 40.4 Å². The van der Waals surface area contributed by atoms with Crippen molar-refractivity contribution in [3.05, 3.63) is 89.8 Å². The van der Waals surface area contributed by atoms with Crippen LogP contribution in [0.4, 0.5) is 0 Å². The van der Waals surface area contributed by atoms with Crippen molar-refractivity contribution in [3.8, 4) is 0 Å². The Balaban J connectivity index is 1.66. The smallest absolute Gasteiger partial charge is 0.272 e. The molecule has 0 aliphatic heterocycles. The van der Waals surface area contributed by atoms with Crippen molar-refractivity contribution < 1.29 is 9.59 Å². The summed E-state index contributed by atoms with van der Waals surface area (Å²) in [6, 6.07) is 16.5. The second kappa shape index (κ2) is 11.7. The summed E-state index contributed by atoms with van der Waals surface area (Å²) in [6.07, 6.45) is 4.82. The maximum atomic E-state index is 13.0. The van der Waals surface area contributed by atoms with Crippen LogP contribution in [0, 0.1) is 0 Å². The molecular weight excluding hydrogens is 402 g/mol. The molecule has 0 aromatic carbocycles. The zero-order chi connectivity index (χ0) is 22.8. The summed E-state index contributed by atoms with van der Waals surface area (Å²) in [5.41, 5.74) is 2.42. The minimum atomic E-state index is -0.186. The van der Waals surface area contributed by atoms with Crippen LogP contribution in [0.5, 0.6) is 0 Å². The molecule has 0 saturated heterocycles. The van der Waals surface area contributed by atoms with E-state index in [1.807, 2.05) is 50.2 Å². The Morgan fingerprint density at radius 3 is 1.53 bits per heavy atom. The second-order valence-electron chi connectivity index (χ2n) is 7.32. The van der Waals surface area contributed by atoms with Crippen molar-refractivity contribution >= 4 is 11.8 Å². The first-order chi connectivity index (χ1) is 15.6. The molecule has 0 fully saturated rings. The molecule has 0 spiro atoms. The topological polar surface area (TPSA) is 79.3 Å². The highest BCUT2D eigenvalue weighted by Crippen LogP contribution is 2.09. The molecule has 3 rings (SSSR count). The quantitative estimate of drug-likeness (QED) is 0.492. The summed E-state index contributed by atoms with van der Waals surface area (Å²) in [4.78, 5) is 42.6. The van der Waals surface area contributed by atoms with E-state index in [-0.39, 0.29) is 23.2 Å². The fourth-order valence-electron chi connectivity index (χ4n) is 3.39. The van der Waals surface area contributed by atoms with Gasteiger partial charge in [0.05, 0.1) is 0 Å². The molecule has 0 aliphatic carbocycles. The van der Waals surface area contributed by atoms with Gasteiger partial charge in [0.2, 0.25) is 0 Å². The number of aromatic nitrogens is 3. The number of likely N-dealkylation sites (N-methyl/N-ethyl adjacent to an activating group) is 2. The van der Waals surface area contributed by atoms with Crippen molar-refractivity contribution in [3.63, 3.8) is 0 Å². The molecule has 0 unspecified atom stereocenters. The molecule has 0 bridgehead atoms. The van der Waals surface area contributed by atoms with E-state index in [1.165, 1.54) is 0 Å². The first-order valence-corrected chi connectivity index (χ1v) is 11.0. The van der Waals surface area contributed by atoms with Crippen LogP contribution >= 0.6 is 0 Å². The fourth-order valence-corrected chi connectivity index (χ4v) is 3.39. The van der Waals surface area contributed by atoms with E-state index >= 15 is 0 Å². The van der Waals surface area contributed by atoms with Crippen molar-refractivity contribution in [2.45, 2.75) is 26.7 Å². The zero-order valence-corrected chi connectivity index (χ0v) is 18.6. The zero-order valence-electron chi connectivity index (χ0n) is 18.6. The Labute approximate surface area is 189 Å². The van der Waals surface area contributed by atoms with Crippen LogP contribution in [0.15, 0.2) is 67.0 Å². The Morgan fingerprint density at radius 2 is 1.16 bits per heavy atom. The number of hydrogen-bond donors (Lipinski definition) is 0. The molecule has 32 heavy (non-hydrogen) atoms. The lowest BCUT2D eigenvalue weighted by molar-refractivity contribution is 0.0753. The lowest BCUT2D eigenvalue weighted by Crippen LogP contribution is -2.35. The summed E-state index contributed by atoms with van der Waals surface area (Å²) < 4.78 is 0. The number of amides is 2. The normalized spacial score (nSPS) is 10.6. The van der Waals surface area contributed by atoms with Gasteiger partial charge in [0, 0.05) is 62.8 Å². The first kappa shape index (κ1) is 23.1. The summed E-state index contributed by atoms with van der Waals surface area (Å²) in [5.74, 6) is -0.371. The van der Waals surface area contributed by atoms with Gasteiger partial charge in [-0.2, -0.15) is 0 Å². The number of carbonyl (C=O) groups excluding carboxylic acids is 2. The molecule has 0 radical (unpaired) electrons. The third kappa shape index (κ3) is 6.20. The molecule has 7 heteroatoms. The summed E-state index contributed by atoms with van der Waals surface area (Å²) in [6.45, 7) is 6.05. The number of rotatable bonds is 10. The van der Waals surface area contributed by atoms with Gasteiger partial charge in [-0.15, -0.1) is 0 Å². The van der Waals surface area contributed by atoms with Crippen molar-refractivity contribution in [1.82, 2.24) is 24.8 Å². The Bertz CT molecular complexity index is 932. The van der Waals surface area contributed by atoms with Crippen LogP contribution in [0.1, 0.15) is 46.2 Å². The van der Waals surface area contributed by atoms with Crippen LogP contribution in [-0.4, -0.2) is 62.7 Å². The maximum Gasteiger partial charge on any atom is 0.272 e. The number of pyridine rings is 3. The molecular formula is C25H29N5O2. The standard InChI is InChI=1S/C25H29N5O2/c1-3-29(18-14-20-10-5-7-16-26-20)24(31)22-12-9-13-23(28-22)25(32)30(4-2)19-15-21-11-6-8-17-27-21/h5-13,16-17H,3-4,14-15,18-19H2,1-2H3. The summed E-state index contributed by atoms with van der Waals surface area (Å²) in [7, 11) is 0. The fraction of sp³-hybridized carbons (Fsp3) is 0.320. The third-order valence-electron chi connectivity index (χ3n) is 5.25. The molecule has 0 N–H and O–H groups in total. The highest BCUT2D eigenvalue weighted by molar-refractivity contribution is 5.96. The third-order valence-corrected chi connectivity index (χ3v) is 5.25. The Hall–Kier alpha value is -3.61. The Morgan fingerprint density at radius 1 is 0.688 bits per heavy atom. The largest absolute Gasteiger partial charge is 0.337 e. The molecule has 2 amide bonds. The van der Waals surface area contributed by atoms with Gasteiger partial charge in [0.15, 0.2) is 0 Å². The van der Waals surface area contributed by atoms with Gasteiger partial charge >= 0.3 is 0 Å². The number of nitrogens with zero attached hydrogens (tertiary/aromatic N) is 5. The minimum Gasteiger partial charge on any atom is -0.337 e. The van der Waals surface area contributed by atoms with Crippen LogP contribution in [0.2, 0.25) is 0 Å². The number of hydrogen-bond acceptors (Lipinski definition) is 5. The highest BCUT2D eigenvalue weighted by Gasteiger charge is 2.20. The lowest BCUT2D eigenvalue weighted by atomic mass is 10.2. The van der Waals surface area contributed by atoms with Crippen LogP contribution in [0.3, 0.4) is 0 Å². The van der Waals surface area contributed by atoms with E-state index < -0.39 is 0 Å². The predicted octanol–water partition coefficient (Wildman–Crippen LogP) is 3.28. The predicted molar refractivity (Wildman–Crippen MR) is 123 cm³/mol. The minimum absolute atomic E-state index is 0.186. The molecule has 3 aromatic heterocycles. The molecule has 0 atom stereocenters. The SMILES string of the molecule is CCN(CCc1ccccn1)C(=O)c1cccc(C(=O)N(CC)CCc2ccccn2)n1. The number of carbonyl (C=O) groups is 2. The molecule has 166 valence electrons. The van der Waals surface area contributed by atoms with Crippen LogP contribution in [0.25, 0.3) is 0 Å². The highest BCUT2D eigenvalue weighted by atomic mass is 16.2. The van der Waals surface area contributed by atoms with Crippen molar-refractivity contribution in [2.24, 2.45) is 0 Å². The average Bonchev–Trinajstić information content (AvgIpc) is 2.86. The molecule has 7 nitrogen and oxygen atoms in total. The first-order valence-electron chi connectivity index (χ1n) is 11.0. The molecule has 3 aromatic rings. The van der Waals surface area contributed by atoms with E-state index in [9.17, 15) is 9.59 Å². The van der Waals surface area contributed by atoms with E-state index in [2.05, 4.69) is 15.0 Å². The van der Waals surface area contributed by atoms with Crippen LogP contribution in [-0.2, 0) is 12.8 Å². The van der Waals surface area contributed by atoms with E-state index in [0.29, 0.717) is 39.0 Å².